The molecule has 0 aliphatic heterocycles. The van der Waals surface area contributed by atoms with Crippen LogP contribution in [0.3, 0.4) is 0 Å². The Morgan fingerprint density at radius 3 is 2.32 bits per heavy atom. The molecule has 3 aromatic rings. The van der Waals surface area contributed by atoms with Gasteiger partial charge in [-0.1, -0.05) is 35.9 Å². The highest BCUT2D eigenvalue weighted by Gasteiger charge is 2.07. The molecule has 0 saturated carbocycles. The lowest BCUT2D eigenvalue weighted by Gasteiger charge is -2.07. The van der Waals surface area contributed by atoms with Crippen molar-refractivity contribution in [2.45, 2.75) is 6.42 Å². The van der Waals surface area contributed by atoms with Gasteiger partial charge in [-0.05, 0) is 42.0 Å². The van der Waals surface area contributed by atoms with Gasteiger partial charge in [0.2, 0.25) is 5.91 Å². The van der Waals surface area contributed by atoms with Crippen LogP contribution in [0.4, 0.5) is 21.7 Å². The molecule has 7 heteroatoms. The van der Waals surface area contributed by atoms with Crippen molar-refractivity contribution in [3.05, 3.63) is 77.1 Å². The summed E-state index contributed by atoms with van der Waals surface area (Å²) in [5.74, 6) is 0.0925. The maximum absolute atomic E-state index is 13.6. The second kappa shape index (κ2) is 7.72. The Labute approximate surface area is 148 Å². The number of anilines is 3. The van der Waals surface area contributed by atoms with E-state index in [2.05, 4.69) is 20.8 Å². The SMILES string of the molecule is O=C(Cc1ccc(Cl)cc1)Nc1ccc(Nc2ccccc2F)nn1. The number of rotatable bonds is 5. The largest absolute Gasteiger partial charge is 0.336 e. The van der Waals surface area contributed by atoms with Crippen LogP contribution in [0.2, 0.25) is 5.02 Å². The number of halogens is 2. The molecule has 0 atom stereocenters. The first kappa shape index (κ1) is 16.9. The monoisotopic (exact) mass is 356 g/mol. The van der Waals surface area contributed by atoms with E-state index < -0.39 is 0 Å². The van der Waals surface area contributed by atoms with Gasteiger partial charge >= 0.3 is 0 Å². The number of para-hydroxylation sites is 1. The fraction of sp³-hybridized carbons (Fsp3) is 0.0556. The van der Waals surface area contributed by atoms with E-state index in [1.54, 1.807) is 54.6 Å². The van der Waals surface area contributed by atoms with Gasteiger partial charge in [0.1, 0.15) is 5.82 Å². The number of nitrogens with zero attached hydrogens (tertiary/aromatic N) is 2. The van der Waals surface area contributed by atoms with Crippen LogP contribution >= 0.6 is 11.6 Å². The van der Waals surface area contributed by atoms with Crippen molar-refractivity contribution >= 4 is 34.8 Å². The maximum atomic E-state index is 13.6. The number of hydrogen-bond acceptors (Lipinski definition) is 4. The third-order valence-corrected chi connectivity index (χ3v) is 3.60. The van der Waals surface area contributed by atoms with E-state index in [1.165, 1.54) is 6.07 Å². The first-order valence-corrected chi connectivity index (χ1v) is 7.87. The molecule has 5 nitrogen and oxygen atoms in total. The molecular weight excluding hydrogens is 343 g/mol. The zero-order chi connectivity index (χ0) is 17.6. The van der Waals surface area contributed by atoms with Crippen LogP contribution < -0.4 is 10.6 Å². The summed E-state index contributed by atoms with van der Waals surface area (Å²) in [6.07, 6.45) is 0.202. The Kier molecular flexibility index (Phi) is 5.20. The number of carbonyl (C=O) groups excluding carboxylic acids is 1. The van der Waals surface area contributed by atoms with Crippen molar-refractivity contribution in [1.82, 2.24) is 10.2 Å². The summed E-state index contributed by atoms with van der Waals surface area (Å²) in [4.78, 5) is 12.0. The van der Waals surface area contributed by atoms with Crippen molar-refractivity contribution in [1.29, 1.82) is 0 Å². The zero-order valence-electron chi connectivity index (χ0n) is 13.0. The molecule has 2 aromatic carbocycles. The van der Waals surface area contributed by atoms with E-state index in [0.717, 1.165) is 5.56 Å². The fourth-order valence-corrected chi connectivity index (χ4v) is 2.27. The van der Waals surface area contributed by atoms with Gasteiger partial charge in [-0.15, -0.1) is 10.2 Å². The summed E-state index contributed by atoms with van der Waals surface area (Å²) in [5.41, 5.74) is 1.14. The van der Waals surface area contributed by atoms with Crippen LogP contribution in [0.25, 0.3) is 0 Å². The molecule has 0 aliphatic carbocycles. The number of aromatic nitrogens is 2. The molecule has 0 aliphatic rings. The zero-order valence-corrected chi connectivity index (χ0v) is 13.8. The molecule has 126 valence electrons. The van der Waals surface area contributed by atoms with Crippen LogP contribution in [0.1, 0.15) is 5.56 Å². The predicted molar refractivity (Wildman–Crippen MR) is 95.5 cm³/mol. The minimum atomic E-state index is -0.385. The molecule has 2 N–H and O–H groups in total. The second-order valence-corrected chi connectivity index (χ2v) is 5.70. The Morgan fingerprint density at radius 1 is 0.960 bits per heavy atom. The molecule has 25 heavy (non-hydrogen) atoms. The van der Waals surface area contributed by atoms with Crippen LogP contribution in [0.15, 0.2) is 60.7 Å². The normalized spacial score (nSPS) is 10.3. The van der Waals surface area contributed by atoms with Gasteiger partial charge in [0, 0.05) is 5.02 Å². The minimum absolute atomic E-state index is 0.202. The van der Waals surface area contributed by atoms with Crippen molar-refractivity contribution in [3.8, 4) is 0 Å². The van der Waals surface area contributed by atoms with Crippen LogP contribution in [-0.2, 0) is 11.2 Å². The lowest BCUT2D eigenvalue weighted by Crippen LogP contribution is -2.15. The first-order chi connectivity index (χ1) is 12.1. The van der Waals surface area contributed by atoms with E-state index in [9.17, 15) is 9.18 Å². The van der Waals surface area contributed by atoms with Crippen molar-refractivity contribution in [2.24, 2.45) is 0 Å². The van der Waals surface area contributed by atoms with Crippen molar-refractivity contribution in [2.75, 3.05) is 10.6 Å². The third kappa shape index (κ3) is 4.74. The van der Waals surface area contributed by atoms with Crippen molar-refractivity contribution in [3.63, 3.8) is 0 Å². The standard InChI is InChI=1S/C18H14ClFN4O/c19-13-7-5-12(6-8-13)11-18(25)22-17-10-9-16(23-24-17)21-15-4-2-1-3-14(15)20/h1-10H,11H2,(H,21,23)(H,22,24,25). The van der Waals surface area contributed by atoms with Gasteiger partial charge in [-0.25, -0.2) is 4.39 Å². The predicted octanol–water partition coefficient (Wildman–Crippen LogP) is 4.19. The average molecular weight is 357 g/mol. The van der Waals surface area contributed by atoms with E-state index >= 15 is 0 Å². The van der Waals surface area contributed by atoms with Gasteiger partial charge in [0.15, 0.2) is 11.6 Å². The summed E-state index contributed by atoms with van der Waals surface area (Å²) in [7, 11) is 0. The Hall–Kier alpha value is -2.99. The maximum Gasteiger partial charge on any atom is 0.229 e. The van der Waals surface area contributed by atoms with Gasteiger partial charge in [-0.2, -0.15) is 0 Å². The van der Waals surface area contributed by atoms with Gasteiger partial charge < -0.3 is 10.6 Å². The molecule has 0 radical (unpaired) electrons. The van der Waals surface area contributed by atoms with E-state index in [0.29, 0.717) is 22.3 Å². The summed E-state index contributed by atoms with van der Waals surface area (Å²) in [6, 6.07) is 16.5. The molecular formula is C18H14ClFN4O. The topological polar surface area (TPSA) is 66.9 Å². The molecule has 1 amide bonds. The van der Waals surface area contributed by atoms with Crippen LogP contribution in [0, 0.1) is 5.82 Å². The van der Waals surface area contributed by atoms with Gasteiger partial charge in [0.05, 0.1) is 12.1 Å². The average Bonchev–Trinajstić information content (AvgIpc) is 2.61. The lowest BCUT2D eigenvalue weighted by atomic mass is 10.1. The number of benzene rings is 2. The summed E-state index contributed by atoms with van der Waals surface area (Å²) >= 11 is 5.81. The highest BCUT2D eigenvalue weighted by Crippen LogP contribution is 2.18. The number of nitrogens with one attached hydrogen (secondary N) is 2. The first-order valence-electron chi connectivity index (χ1n) is 7.50. The highest BCUT2D eigenvalue weighted by molar-refractivity contribution is 6.30. The third-order valence-electron chi connectivity index (χ3n) is 3.35. The molecule has 1 aromatic heterocycles. The number of carbonyl (C=O) groups is 1. The van der Waals surface area contributed by atoms with E-state index in [4.69, 9.17) is 11.6 Å². The highest BCUT2D eigenvalue weighted by atomic mass is 35.5. The van der Waals surface area contributed by atoms with Gasteiger partial charge in [0.25, 0.3) is 0 Å². The van der Waals surface area contributed by atoms with E-state index in [-0.39, 0.29) is 18.1 Å². The molecule has 1 heterocycles. The molecule has 0 spiro atoms. The van der Waals surface area contributed by atoms with Crippen LogP contribution in [-0.4, -0.2) is 16.1 Å². The Balaban J connectivity index is 1.59. The molecule has 0 saturated heterocycles. The molecule has 3 rings (SSSR count). The summed E-state index contributed by atoms with van der Waals surface area (Å²) in [5, 5.41) is 13.9. The molecule has 0 unspecified atom stereocenters. The van der Waals surface area contributed by atoms with Crippen LogP contribution in [0.5, 0.6) is 0 Å². The number of hydrogen-bond donors (Lipinski definition) is 2. The smallest absolute Gasteiger partial charge is 0.229 e. The molecule has 0 fully saturated rings. The Morgan fingerprint density at radius 2 is 1.64 bits per heavy atom. The second-order valence-electron chi connectivity index (χ2n) is 5.26. The number of amides is 1. The Bertz CT molecular complexity index is 869. The van der Waals surface area contributed by atoms with Crippen molar-refractivity contribution < 1.29 is 9.18 Å². The summed E-state index contributed by atoms with van der Waals surface area (Å²) in [6.45, 7) is 0. The minimum Gasteiger partial charge on any atom is -0.336 e. The lowest BCUT2D eigenvalue weighted by molar-refractivity contribution is -0.115. The van der Waals surface area contributed by atoms with E-state index in [1.807, 2.05) is 0 Å². The molecule has 0 bridgehead atoms. The fourth-order valence-electron chi connectivity index (χ4n) is 2.14. The summed E-state index contributed by atoms with van der Waals surface area (Å²) < 4.78 is 13.6. The van der Waals surface area contributed by atoms with Gasteiger partial charge in [-0.3, -0.25) is 4.79 Å². The quantitative estimate of drug-likeness (QED) is 0.719.